The largest absolute Gasteiger partial charge is 0.497 e. The quantitative estimate of drug-likeness (QED) is 0.652. The molecule has 0 saturated carbocycles. The van der Waals surface area contributed by atoms with E-state index in [0.717, 1.165) is 0 Å². The predicted molar refractivity (Wildman–Crippen MR) is 106 cm³/mol. The summed E-state index contributed by atoms with van der Waals surface area (Å²) in [4.78, 5) is 11.0. The van der Waals surface area contributed by atoms with E-state index in [2.05, 4.69) is 0 Å². The van der Waals surface area contributed by atoms with E-state index in [4.69, 9.17) is 9.84 Å². The molecule has 0 atom stereocenters. The van der Waals surface area contributed by atoms with Gasteiger partial charge in [0.25, 0.3) is 0 Å². The molecule has 0 fully saturated rings. The second-order valence-electron chi connectivity index (χ2n) is 6.58. The van der Waals surface area contributed by atoms with Gasteiger partial charge in [-0.25, -0.2) is 12.8 Å². The van der Waals surface area contributed by atoms with Gasteiger partial charge in [0.05, 0.1) is 23.3 Å². The molecule has 0 aliphatic heterocycles. The number of carboxylic acid groups (broad SMARTS) is 1. The Morgan fingerprint density at radius 2 is 1.72 bits per heavy atom. The number of hydrogen-bond donors (Lipinski definition) is 1. The summed E-state index contributed by atoms with van der Waals surface area (Å²) in [6.07, 6.45) is -0.331. The van der Waals surface area contributed by atoms with Crippen LogP contribution in [0.2, 0.25) is 0 Å². The fraction of sp³-hybridized carbons (Fsp3) is 0.136. The molecule has 0 bridgehead atoms. The van der Waals surface area contributed by atoms with E-state index in [-0.39, 0.29) is 27.8 Å². The van der Waals surface area contributed by atoms with E-state index < -0.39 is 15.8 Å². The van der Waals surface area contributed by atoms with Crippen LogP contribution in [0.15, 0.2) is 70.5 Å². The summed E-state index contributed by atoms with van der Waals surface area (Å²) in [6, 6.07) is 15.1. The minimum absolute atomic E-state index is 0.0190. The third-order valence-electron chi connectivity index (χ3n) is 4.49. The zero-order valence-corrected chi connectivity index (χ0v) is 16.7. The van der Waals surface area contributed by atoms with E-state index in [1.807, 2.05) is 0 Å². The molecule has 0 saturated heterocycles. The molecule has 1 N–H and O–H groups in total. The average molecular weight is 414 g/mol. The van der Waals surface area contributed by atoms with E-state index in [9.17, 15) is 17.6 Å². The van der Waals surface area contributed by atoms with Crippen LogP contribution in [0, 0.1) is 12.7 Å². The molecule has 3 rings (SSSR count). The first-order chi connectivity index (χ1) is 13.7. The first kappa shape index (κ1) is 20.5. The Morgan fingerprint density at radius 1 is 1.00 bits per heavy atom. The van der Waals surface area contributed by atoms with Gasteiger partial charge in [0.1, 0.15) is 11.6 Å². The number of hydrogen-bond acceptors (Lipinski definition) is 4. The van der Waals surface area contributed by atoms with Crippen molar-refractivity contribution in [2.45, 2.75) is 23.1 Å². The second kappa shape index (κ2) is 8.05. The van der Waals surface area contributed by atoms with Crippen LogP contribution < -0.4 is 4.74 Å². The lowest BCUT2D eigenvalue weighted by molar-refractivity contribution is -0.136. The normalized spacial score (nSPS) is 11.3. The second-order valence-corrected chi connectivity index (χ2v) is 8.53. The SMILES string of the molecule is COc1cc(CC(=O)O)cc(S(=O)(=O)c2cccc(-c3ccc(C)c(F)c3)c2)c1. The average Bonchev–Trinajstić information content (AvgIpc) is 2.69. The number of carboxylic acids is 1. The van der Waals surface area contributed by atoms with E-state index in [1.54, 1.807) is 31.2 Å². The van der Waals surface area contributed by atoms with Gasteiger partial charge in [-0.05, 0) is 65.6 Å². The van der Waals surface area contributed by atoms with Gasteiger partial charge in [-0.1, -0.05) is 24.3 Å². The molecule has 5 nitrogen and oxygen atoms in total. The third kappa shape index (κ3) is 4.46. The number of aliphatic carboxylic acids is 1. The summed E-state index contributed by atoms with van der Waals surface area (Å²) in [5, 5.41) is 9.02. The molecule has 0 radical (unpaired) electrons. The summed E-state index contributed by atoms with van der Waals surface area (Å²) in [7, 11) is -2.57. The molecular formula is C22H19FO5S. The van der Waals surface area contributed by atoms with Crippen molar-refractivity contribution >= 4 is 15.8 Å². The molecule has 3 aromatic carbocycles. The maximum absolute atomic E-state index is 13.9. The lowest BCUT2D eigenvalue weighted by Crippen LogP contribution is -2.06. The molecule has 29 heavy (non-hydrogen) atoms. The maximum atomic E-state index is 13.9. The molecule has 0 spiro atoms. The van der Waals surface area contributed by atoms with Gasteiger partial charge in [-0.3, -0.25) is 4.79 Å². The lowest BCUT2D eigenvalue weighted by Gasteiger charge is -2.11. The van der Waals surface area contributed by atoms with Crippen LogP contribution in [-0.4, -0.2) is 26.6 Å². The van der Waals surface area contributed by atoms with Crippen molar-refractivity contribution in [2.24, 2.45) is 0 Å². The molecule has 0 heterocycles. The summed E-state index contributed by atoms with van der Waals surface area (Å²) >= 11 is 0. The summed E-state index contributed by atoms with van der Waals surface area (Å²) in [6.45, 7) is 1.65. The molecule has 0 aromatic heterocycles. The summed E-state index contributed by atoms with van der Waals surface area (Å²) in [5.74, 6) is -1.20. The van der Waals surface area contributed by atoms with Gasteiger partial charge in [0, 0.05) is 0 Å². The monoisotopic (exact) mass is 414 g/mol. The Bertz CT molecular complexity index is 1190. The van der Waals surface area contributed by atoms with Crippen LogP contribution in [-0.2, 0) is 21.1 Å². The highest BCUT2D eigenvalue weighted by Crippen LogP contribution is 2.30. The van der Waals surface area contributed by atoms with Crippen LogP contribution in [0.5, 0.6) is 5.75 Å². The maximum Gasteiger partial charge on any atom is 0.307 e. The summed E-state index contributed by atoms with van der Waals surface area (Å²) in [5.41, 5.74) is 1.92. The molecule has 150 valence electrons. The molecular weight excluding hydrogens is 395 g/mol. The number of methoxy groups -OCH3 is 1. The molecule has 0 aliphatic carbocycles. The molecule has 7 heteroatoms. The number of aryl methyl sites for hydroxylation is 1. The Labute approximate surface area is 168 Å². The zero-order valence-electron chi connectivity index (χ0n) is 15.8. The number of sulfone groups is 1. The molecule has 0 unspecified atom stereocenters. The van der Waals surface area contributed by atoms with Gasteiger partial charge in [0.15, 0.2) is 0 Å². The Balaban J connectivity index is 2.08. The lowest BCUT2D eigenvalue weighted by atomic mass is 10.0. The predicted octanol–water partition coefficient (Wildman–Crippen LogP) is 4.27. The van der Waals surface area contributed by atoms with Crippen LogP contribution in [0.4, 0.5) is 4.39 Å². The van der Waals surface area contributed by atoms with Crippen molar-refractivity contribution in [3.05, 3.63) is 77.6 Å². The van der Waals surface area contributed by atoms with Crippen molar-refractivity contribution in [1.82, 2.24) is 0 Å². The molecule has 0 aliphatic rings. The number of carbonyl (C=O) groups is 1. The van der Waals surface area contributed by atoms with Gasteiger partial charge in [0.2, 0.25) is 9.84 Å². The zero-order chi connectivity index (χ0) is 21.2. The fourth-order valence-corrected chi connectivity index (χ4v) is 4.32. The van der Waals surface area contributed by atoms with Crippen LogP contribution >= 0.6 is 0 Å². The van der Waals surface area contributed by atoms with Crippen LogP contribution in [0.3, 0.4) is 0 Å². The minimum Gasteiger partial charge on any atom is -0.497 e. The highest BCUT2D eigenvalue weighted by Gasteiger charge is 2.21. The van der Waals surface area contributed by atoms with Gasteiger partial charge < -0.3 is 9.84 Å². The van der Waals surface area contributed by atoms with Gasteiger partial charge in [-0.15, -0.1) is 0 Å². The minimum atomic E-state index is -3.95. The number of ether oxygens (including phenoxy) is 1. The molecule has 3 aromatic rings. The topological polar surface area (TPSA) is 80.7 Å². The van der Waals surface area contributed by atoms with E-state index >= 15 is 0 Å². The van der Waals surface area contributed by atoms with Crippen molar-refractivity contribution in [2.75, 3.05) is 7.11 Å². The fourth-order valence-electron chi connectivity index (χ4n) is 2.93. The van der Waals surface area contributed by atoms with Crippen molar-refractivity contribution in [1.29, 1.82) is 0 Å². The highest BCUT2D eigenvalue weighted by molar-refractivity contribution is 7.91. The van der Waals surface area contributed by atoms with E-state index in [0.29, 0.717) is 22.3 Å². The number of rotatable bonds is 6. The Hall–Kier alpha value is -3.19. The number of halogens is 1. The third-order valence-corrected chi connectivity index (χ3v) is 6.22. The first-order valence-electron chi connectivity index (χ1n) is 8.72. The van der Waals surface area contributed by atoms with Crippen LogP contribution in [0.1, 0.15) is 11.1 Å². The summed E-state index contributed by atoms with van der Waals surface area (Å²) < 4.78 is 45.4. The van der Waals surface area contributed by atoms with Crippen LogP contribution in [0.25, 0.3) is 11.1 Å². The van der Waals surface area contributed by atoms with Gasteiger partial charge in [-0.2, -0.15) is 0 Å². The highest BCUT2D eigenvalue weighted by atomic mass is 32.2. The van der Waals surface area contributed by atoms with Crippen molar-refractivity contribution in [3.8, 4) is 16.9 Å². The smallest absolute Gasteiger partial charge is 0.307 e. The molecule has 0 amide bonds. The van der Waals surface area contributed by atoms with Crippen molar-refractivity contribution in [3.63, 3.8) is 0 Å². The van der Waals surface area contributed by atoms with Gasteiger partial charge >= 0.3 is 5.97 Å². The van der Waals surface area contributed by atoms with E-state index in [1.165, 1.54) is 43.5 Å². The van der Waals surface area contributed by atoms with Crippen molar-refractivity contribution < 1.29 is 27.4 Å². The Morgan fingerprint density at radius 3 is 2.38 bits per heavy atom. The Kier molecular flexibility index (Phi) is 5.70. The first-order valence-corrected chi connectivity index (χ1v) is 10.2. The standard InChI is InChI=1S/C22H19FO5S/c1-14-6-7-17(12-21(14)23)16-4-3-5-19(11-16)29(26,27)20-9-15(10-22(24)25)8-18(13-20)28-2/h3-9,11-13H,10H2,1-2H3,(H,24,25). The number of benzene rings is 3.